The lowest BCUT2D eigenvalue weighted by Crippen LogP contribution is -2.16. The minimum Gasteiger partial charge on any atom is -0.481 e. The molecule has 0 aliphatic rings. The van der Waals surface area contributed by atoms with Crippen LogP contribution >= 0.6 is 0 Å². The Kier molecular flexibility index (Phi) is 9.35. The number of carboxylic acids is 1. The van der Waals surface area contributed by atoms with E-state index in [0.29, 0.717) is 0 Å². The predicted molar refractivity (Wildman–Crippen MR) is 57.0 cm³/mol. The first-order valence-corrected chi connectivity index (χ1v) is 5.13. The molecule has 0 heterocycles. The van der Waals surface area contributed by atoms with Gasteiger partial charge in [0.1, 0.15) is 0 Å². The zero-order valence-electron chi connectivity index (χ0n) is 8.59. The second kappa shape index (κ2) is 10.1. The van der Waals surface area contributed by atoms with Gasteiger partial charge in [-0.05, 0) is 38.8 Å². The van der Waals surface area contributed by atoms with Crippen LogP contribution in [0.5, 0.6) is 0 Å². The van der Waals surface area contributed by atoms with Crippen molar-refractivity contribution in [2.75, 3.05) is 13.1 Å². The summed E-state index contributed by atoms with van der Waals surface area (Å²) < 4.78 is 0. The fourth-order valence-electron chi connectivity index (χ4n) is 1.13. The zero-order chi connectivity index (χ0) is 10.6. The van der Waals surface area contributed by atoms with Gasteiger partial charge in [-0.25, -0.2) is 0 Å². The Bertz CT molecular complexity index is 184. The maximum atomic E-state index is 10.2. The van der Waals surface area contributed by atoms with Crippen molar-refractivity contribution >= 4 is 5.97 Å². The topological polar surface area (TPSA) is 49.3 Å². The fourth-order valence-corrected chi connectivity index (χ4v) is 1.13. The van der Waals surface area contributed by atoms with E-state index in [2.05, 4.69) is 11.2 Å². The highest BCUT2D eigenvalue weighted by molar-refractivity contribution is 5.66. The summed E-state index contributed by atoms with van der Waals surface area (Å²) >= 11 is 0. The molecule has 0 amide bonds. The molecule has 0 atom stereocenters. The lowest BCUT2D eigenvalue weighted by atomic mass is 10.2. The van der Waals surface area contributed by atoms with Crippen molar-refractivity contribution in [2.24, 2.45) is 0 Å². The molecule has 0 unspecified atom stereocenters. The van der Waals surface area contributed by atoms with Gasteiger partial charge in [0, 0.05) is 12.8 Å². The van der Waals surface area contributed by atoms with Crippen molar-refractivity contribution in [3.05, 3.63) is 0 Å². The Morgan fingerprint density at radius 2 is 1.86 bits per heavy atom. The molecular weight excluding hydrogens is 178 g/mol. The zero-order valence-corrected chi connectivity index (χ0v) is 8.59. The van der Waals surface area contributed by atoms with Gasteiger partial charge in [-0.3, -0.25) is 4.79 Å². The van der Waals surface area contributed by atoms with E-state index in [1.54, 1.807) is 0 Å². The van der Waals surface area contributed by atoms with Gasteiger partial charge in [0.05, 0.1) is 0 Å². The van der Waals surface area contributed by atoms with Crippen molar-refractivity contribution in [1.82, 2.24) is 5.32 Å². The quantitative estimate of drug-likeness (QED) is 0.436. The Labute approximate surface area is 85.9 Å². The van der Waals surface area contributed by atoms with Crippen LogP contribution in [0.1, 0.15) is 38.5 Å². The summed E-state index contributed by atoms with van der Waals surface area (Å²) in [5.41, 5.74) is 0. The summed E-state index contributed by atoms with van der Waals surface area (Å²) in [6, 6.07) is 0. The monoisotopic (exact) mass is 197 g/mol. The normalized spacial score (nSPS) is 9.64. The average molecular weight is 197 g/mol. The number of unbranched alkanes of at least 4 members (excludes halogenated alkanes) is 3. The first-order valence-electron chi connectivity index (χ1n) is 5.13. The first-order chi connectivity index (χ1) is 6.77. The molecule has 0 radical (unpaired) electrons. The van der Waals surface area contributed by atoms with E-state index in [4.69, 9.17) is 11.5 Å². The molecule has 0 aromatic heterocycles. The molecule has 0 aliphatic heterocycles. The second-order valence-electron chi connectivity index (χ2n) is 3.26. The summed E-state index contributed by atoms with van der Waals surface area (Å²) in [5.74, 6) is 1.89. The molecule has 2 N–H and O–H groups in total. The van der Waals surface area contributed by atoms with Crippen LogP contribution in [0.2, 0.25) is 0 Å². The van der Waals surface area contributed by atoms with E-state index in [9.17, 15) is 4.79 Å². The van der Waals surface area contributed by atoms with E-state index >= 15 is 0 Å². The van der Waals surface area contributed by atoms with Gasteiger partial charge in [-0.15, -0.1) is 12.3 Å². The largest absolute Gasteiger partial charge is 0.481 e. The summed E-state index contributed by atoms with van der Waals surface area (Å²) in [4.78, 5) is 10.2. The number of terminal acetylenes is 1. The van der Waals surface area contributed by atoms with Gasteiger partial charge in [-0.2, -0.15) is 0 Å². The van der Waals surface area contributed by atoms with Crippen molar-refractivity contribution in [1.29, 1.82) is 0 Å². The minimum absolute atomic E-state index is 0.277. The number of hydrogen-bond acceptors (Lipinski definition) is 2. The van der Waals surface area contributed by atoms with Gasteiger partial charge >= 0.3 is 5.97 Å². The SMILES string of the molecule is C#CCCCCNCCCCC(=O)O. The highest BCUT2D eigenvalue weighted by atomic mass is 16.4. The lowest BCUT2D eigenvalue weighted by molar-refractivity contribution is -0.137. The third-order valence-corrected chi connectivity index (χ3v) is 1.92. The number of rotatable bonds is 9. The van der Waals surface area contributed by atoms with Gasteiger partial charge in [-0.1, -0.05) is 0 Å². The Morgan fingerprint density at radius 1 is 1.21 bits per heavy atom. The minimum atomic E-state index is -0.709. The molecule has 0 bridgehead atoms. The van der Waals surface area contributed by atoms with Crippen molar-refractivity contribution < 1.29 is 9.90 Å². The summed E-state index contributed by atoms with van der Waals surface area (Å²) in [6.45, 7) is 1.89. The molecule has 0 fully saturated rings. The number of aliphatic carboxylic acids is 1. The molecule has 0 aliphatic carbocycles. The van der Waals surface area contributed by atoms with Crippen LogP contribution in [0, 0.1) is 12.3 Å². The van der Waals surface area contributed by atoms with Gasteiger partial charge in [0.2, 0.25) is 0 Å². The Hall–Kier alpha value is -1.01. The van der Waals surface area contributed by atoms with E-state index in [1.165, 1.54) is 0 Å². The van der Waals surface area contributed by atoms with Crippen molar-refractivity contribution in [3.8, 4) is 12.3 Å². The van der Waals surface area contributed by atoms with E-state index in [1.807, 2.05) is 0 Å². The van der Waals surface area contributed by atoms with Gasteiger partial charge in [0.15, 0.2) is 0 Å². The molecule has 3 heteroatoms. The number of carbonyl (C=O) groups is 1. The molecule has 0 aromatic rings. The molecule has 80 valence electrons. The Balaban J connectivity index is 2.93. The van der Waals surface area contributed by atoms with Crippen LogP contribution in [0.3, 0.4) is 0 Å². The molecule has 0 spiro atoms. The summed E-state index contributed by atoms with van der Waals surface area (Å²) in [6.07, 6.45) is 10.1. The first kappa shape index (κ1) is 13.0. The number of carboxylic acid groups (broad SMARTS) is 1. The van der Waals surface area contributed by atoms with Crippen LogP contribution < -0.4 is 5.32 Å². The average Bonchev–Trinajstić information content (AvgIpc) is 2.15. The highest BCUT2D eigenvalue weighted by Crippen LogP contribution is 1.94. The van der Waals surface area contributed by atoms with Crippen molar-refractivity contribution in [3.63, 3.8) is 0 Å². The van der Waals surface area contributed by atoms with Crippen LogP contribution in [-0.2, 0) is 4.79 Å². The van der Waals surface area contributed by atoms with E-state index in [0.717, 1.165) is 45.2 Å². The molecule has 0 saturated heterocycles. The van der Waals surface area contributed by atoms with Crippen LogP contribution in [0.25, 0.3) is 0 Å². The maximum Gasteiger partial charge on any atom is 0.303 e. The fraction of sp³-hybridized carbons (Fsp3) is 0.727. The van der Waals surface area contributed by atoms with Crippen LogP contribution in [-0.4, -0.2) is 24.2 Å². The smallest absolute Gasteiger partial charge is 0.303 e. The predicted octanol–water partition coefficient (Wildman–Crippen LogP) is 1.63. The second-order valence-corrected chi connectivity index (χ2v) is 3.26. The maximum absolute atomic E-state index is 10.2. The molecule has 3 nitrogen and oxygen atoms in total. The molecule has 0 rings (SSSR count). The molecule has 0 saturated carbocycles. The van der Waals surface area contributed by atoms with Gasteiger partial charge < -0.3 is 10.4 Å². The Morgan fingerprint density at radius 3 is 2.43 bits per heavy atom. The van der Waals surface area contributed by atoms with E-state index < -0.39 is 5.97 Å². The van der Waals surface area contributed by atoms with Crippen LogP contribution in [0.15, 0.2) is 0 Å². The number of hydrogen-bond donors (Lipinski definition) is 2. The third-order valence-electron chi connectivity index (χ3n) is 1.92. The third kappa shape index (κ3) is 11.0. The lowest BCUT2D eigenvalue weighted by Gasteiger charge is -2.02. The highest BCUT2D eigenvalue weighted by Gasteiger charge is 1.95. The number of nitrogens with one attached hydrogen (secondary N) is 1. The van der Waals surface area contributed by atoms with E-state index in [-0.39, 0.29) is 6.42 Å². The van der Waals surface area contributed by atoms with Gasteiger partial charge in [0.25, 0.3) is 0 Å². The molecule has 14 heavy (non-hydrogen) atoms. The summed E-state index contributed by atoms with van der Waals surface area (Å²) in [7, 11) is 0. The standard InChI is InChI=1S/C11H19NO2/c1-2-3-4-6-9-12-10-7-5-8-11(13)14/h1,12H,3-10H2,(H,13,14). The molecule has 0 aromatic carbocycles. The molecular formula is C11H19NO2. The van der Waals surface area contributed by atoms with Crippen molar-refractivity contribution in [2.45, 2.75) is 38.5 Å². The summed E-state index contributed by atoms with van der Waals surface area (Å²) in [5, 5.41) is 11.6. The van der Waals surface area contributed by atoms with Crippen LogP contribution in [0.4, 0.5) is 0 Å².